The van der Waals surface area contributed by atoms with Gasteiger partial charge in [0.2, 0.25) is 6.10 Å². The summed E-state index contributed by atoms with van der Waals surface area (Å²) in [5, 5.41) is 2.64. The van der Waals surface area contributed by atoms with Crippen molar-refractivity contribution in [2.24, 2.45) is 0 Å². The van der Waals surface area contributed by atoms with Gasteiger partial charge in [0.15, 0.2) is 11.5 Å². The number of rotatable bonds is 7. The van der Waals surface area contributed by atoms with E-state index in [1.54, 1.807) is 42.5 Å². The topological polar surface area (TPSA) is 73.9 Å². The molecule has 1 N–H and O–H groups in total. The van der Waals surface area contributed by atoms with Crippen molar-refractivity contribution in [3.63, 3.8) is 0 Å². The minimum Gasteiger partial charge on any atom is -0.493 e. The fourth-order valence-corrected chi connectivity index (χ4v) is 2.86. The van der Waals surface area contributed by atoms with Crippen LogP contribution < -0.4 is 14.8 Å². The molecule has 7 heteroatoms. The molecule has 0 aliphatic heterocycles. The van der Waals surface area contributed by atoms with Crippen molar-refractivity contribution in [3.8, 4) is 11.5 Å². The molecule has 0 spiro atoms. The monoisotopic (exact) mass is 409 g/mol. The number of methoxy groups -OCH3 is 2. The second-order valence-corrected chi connectivity index (χ2v) is 6.23. The van der Waals surface area contributed by atoms with Crippen molar-refractivity contribution in [1.29, 1.82) is 0 Å². The van der Waals surface area contributed by atoms with Gasteiger partial charge in [0.05, 0.1) is 14.2 Å². The normalized spacial score (nSPS) is 11.3. The quantitative estimate of drug-likeness (QED) is 0.586. The molecule has 3 rings (SSSR count). The van der Waals surface area contributed by atoms with Crippen LogP contribution in [0.4, 0.5) is 10.1 Å². The van der Waals surface area contributed by atoms with E-state index in [1.807, 2.05) is 0 Å². The minimum atomic E-state index is -1.24. The van der Waals surface area contributed by atoms with Crippen LogP contribution in [0, 0.1) is 5.82 Å². The van der Waals surface area contributed by atoms with Gasteiger partial charge in [-0.05, 0) is 36.4 Å². The molecule has 0 bridgehead atoms. The Balaban J connectivity index is 1.89. The van der Waals surface area contributed by atoms with Gasteiger partial charge in [-0.1, -0.05) is 36.4 Å². The molecule has 0 aromatic heterocycles. The number of ether oxygens (including phenoxy) is 3. The van der Waals surface area contributed by atoms with Gasteiger partial charge in [-0.3, -0.25) is 4.79 Å². The third-order valence-electron chi connectivity index (χ3n) is 4.30. The predicted molar refractivity (Wildman–Crippen MR) is 109 cm³/mol. The van der Waals surface area contributed by atoms with Crippen LogP contribution in [0.1, 0.15) is 22.0 Å². The summed E-state index contributed by atoms with van der Waals surface area (Å²) in [6.07, 6.45) is -1.24. The second-order valence-electron chi connectivity index (χ2n) is 6.23. The number of benzene rings is 3. The van der Waals surface area contributed by atoms with Gasteiger partial charge in [0, 0.05) is 11.3 Å². The summed E-state index contributed by atoms with van der Waals surface area (Å²) in [4.78, 5) is 25.8. The van der Waals surface area contributed by atoms with Crippen molar-refractivity contribution >= 4 is 17.6 Å². The molecule has 0 aliphatic carbocycles. The van der Waals surface area contributed by atoms with E-state index in [2.05, 4.69) is 5.32 Å². The van der Waals surface area contributed by atoms with Gasteiger partial charge < -0.3 is 19.5 Å². The highest BCUT2D eigenvalue weighted by molar-refractivity contribution is 5.99. The predicted octanol–water partition coefficient (Wildman–Crippen LogP) is 4.38. The average molecular weight is 409 g/mol. The zero-order valence-corrected chi connectivity index (χ0v) is 16.4. The summed E-state index contributed by atoms with van der Waals surface area (Å²) in [6.45, 7) is 0. The molecule has 0 heterocycles. The summed E-state index contributed by atoms with van der Waals surface area (Å²) in [5.74, 6) is -1.20. The number of carbonyl (C=O) groups is 2. The summed E-state index contributed by atoms with van der Waals surface area (Å²) in [7, 11) is 2.86. The van der Waals surface area contributed by atoms with Crippen LogP contribution in [-0.4, -0.2) is 26.1 Å². The molecule has 0 aliphatic rings. The van der Waals surface area contributed by atoms with Gasteiger partial charge in [-0.2, -0.15) is 0 Å². The molecule has 0 saturated heterocycles. The number of esters is 1. The number of carbonyl (C=O) groups excluding carboxylic acids is 2. The summed E-state index contributed by atoms with van der Waals surface area (Å²) < 4.78 is 29.2. The van der Waals surface area contributed by atoms with Crippen LogP contribution in [-0.2, 0) is 9.53 Å². The van der Waals surface area contributed by atoms with Gasteiger partial charge >= 0.3 is 5.97 Å². The lowest BCUT2D eigenvalue weighted by atomic mass is 10.1. The zero-order chi connectivity index (χ0) is 21.5. The molecule has 154 valence electrons. The molecule has 3 aromatic rings. The Labute approximate surface area is 173 Å². The van der Waals surface area contributed by atoms with Crippen LogP contribution in [0.15, 0.2) is 72.8 Å². The molecule has 1 atom stereocenters. The van der Waals surface area contributed by atoms with Crippen molar-refractivity contribution in [3.05, 3.63) is 89.7 Å². The number of para-hydroxylation sites is 1. The Hall–Kier alpha value is -3.87. The Morgan fingerprint density at radius 2 is 1.57 bits per heavy atom. The highest BCUT2D eigenvalue weighted by Gasteiger charge is 2.28. The molecular weight excluding hydrogens is 389 g/mol. The number of halogens is 1. The molecule has 0 radical (unpaired) electrons. The average Bonchev–Trinajstić information content (AvgIpc) is 2.78. The van der Waals surface area contributed by atoms with Crippen LogP contribution in [0.5, 0.6) is 11.5 Å². The molecule has 0 fully saturated rings. The van der Waals surface area contributed by atoms with E-state index in [-0.39, 0.29) is 11.3 Å². The van der Waals surface area contributed by atoms with E-state index in [1.165, 1.54) is 44.6 Å². The van der Waals surface area contributed by atoms with Gasteiger partial charge in [0.25, 0.3) is 5.91 Å². The molecule has 1 unspecified atom stereocenters. The molecule has 6 nitrogen and oxygen atoms in total. The number of anilines is 1. The Kier molecular flexibility index (Phi) is 6.64. The maximum atomic E-state index is 13.1. The first-order chi connectivity index (χ1) is 14.5. The molecule has 30 heavy (non-hydrogen) atoms. The van der Waals surface area contributed by atoms with E-state index in [0.717, 1.165) is 0 Å². The Morgan fingerprint density at radius 3 is 2.20 bits per heavy atom. The van der Waals surface area contributed by atoms with Crippen molar-refractivity contribution in [2.75, 3.05) is 19.5 Å². The highest BCUT2D eigenvalue weighted by Crippen LogP contribution is 2.32. The Bertz CT molecular complexity index is 1020. The summed E-state index contributed by atoms with van der Waals surface area (Å²) in [6, 6.07) is 18.6. The van der Waals surface area contributed by atoms with Crippen molar-refractivity contribution < 1.29 is 28.2 Å². The molecule has 3 aromatic carbocycles. The first kappa shape index (κ1) is 20.9. The maximum absolute atomic E-state index is 13.1. The lowest BCUT2D eigenvalue weighted by Crippen LogP contribution is -2.26. The van der Waals surface area contributed by atoms with Gasteiger partial charge in [0.1, 0.15) is 11.4 Å². The van der Waals surface area contributed by atoms with E-state index in [4.69, 9.17) is 14.2 Å². The SMILES string of the molecule is COc1cccc(C(=O)OC(C(=O)Nc2ccc(F)cc2)c2ccccc2)c1OC. The Morgan fingerprint density at radius 1 is 0.867 bits per heavy atom. The third-order valence-corrected chi connectivity index (χ3v) is 4.30. The molecule has 0 saturated carbocycles. The fourth-order valence-electron chi connectivity index (χ4n) is 2.86. The van der Waals surface area contributed by atoms with Crippen LogP contribution in [0.25, 0.3) is 0 Å². The first-order valence-electron chi connectivity index (χ1n) is 9.07. The first-order valence-corrected chi connectivity index (χ1v) is 9.07. The van der Waals surface area contributed by atoms with E-state index in [0.29, 0.717) is 17.0 Å². The standard InChI is InChI=1S/C23H20FNO5/c1-28-19-10-6-9-18(21(19)29-2)23(27)30-20(15-7-4-3-5-8-15)22(26)25-17-13-11-16(24)12-14-17/h3-14,20H,1-2H3,(H,25,26). The summed E-state index contributed by atoms with van der Waals surface area (Å²) in [5.41, 5.74) is 0.969. The van der Waals surface area contributed by atoms with Crippen molar-refractivity contribution in [2.45, 2.75) is 6.10 Å². The largest absolute Gasteiger partial charge is 0.493 e. The van der Waals surface area contributed by atoms with Crippen LogP contribution in [0.2, 0.25) is 0 Å². The zero-order valence-electron chi connectivity index (χ0n) is 16.4. The minimum absolute atomic E-state index is 0.118. The van der Waals surface area contributed by atoms with Crippen LogP contribution >= 0.6 is 0 Å². The summed E-state index contributed by atoms with van der Waals surface area (Å²) >= 11 is 0. The molecule has 1 amide bonds. The number of amides is 1. The maximum Gasteiger partial charge on any atom is 0.343 e. The van der Waals surface area contributed by atoms with Gasteiger partial charge in [-0.25, -0.2) is 9.18 Å². The lowest BCUT2D eigenvalue weighted by Gasteiger charge is -2.19. The third kappa shape index (κ3) is 4.75. The number of hydrogen-bond donors (Lipinski definition) is 1. The highest BCUT2D eigenvalue weighted by atomic mass is 19.1. The second kappa shape index (κ2) is 9.56. The molecular formula is C23H20FNO5. The number of nitrogens with one attached hydrogen (secondary N) is 1. The van der Waals surface area contributed by atoms with E-state index >= 15 is 0 Å². The van der Waals surface area contributed by atoms with Crippen LogP contribution in [0.3, 0.4) is 0 Å². The fraction of sp³-hybridized carbons (Fsp3) is 0.130. The van der Waals surface area contributed by atoms with E-state index < -0.39 is 23.8 Å². The van der Waals surface area contributed by atoms with E-state index in [9.17, 15) is 14.0 Å². The smallest absolute Gasteiger partial charge is 0.343 e. The lowest BCUT2D eigenvalue weighted by molar-refractivity contribution is -0.125. The van der Waals surface area contributed by atoms with Gasteiger partial charge in [-0.15, -0.1) is 0 Å². The van der Waals surface area contributed by atoms with Crippen molar-refractivity contribution in [1.82, 2.24) is 0 Å². The number of hydrogen-bond acceptors (Lipinski definition) is 5.